The first-order valence-electron chi connectivity index (χ1n) is 3.50. The van der Waals surface area contributed by atoms with Crippen LogP contribution in [-0.2, 0) is 14.5 Å². The van der Waals surface area contributed by atoms with Crippen molar-refractivity contribution in [1.29, 1.82) is 0 Å². The van der Waals surface area contributed by atoms with E-state index in [1.165, 1.54) is 0 Å². The van der Waals surface area contributed by atoms with Crippen LogP contribution in [0, 0.1) is 0 Å². The summed E-state index contributed by atoms with van der Waals surface area (Å²) < 4.78 is 60.5. The van der Waals surface area contributed by atoms with Gasteiger partial charge in [0, 0.05) is 0 Å². The number of alkyl halides is 3. The van der Waals surface area contributed by atoms with Gasteiger partial charge in [-0.25, -0.2) is 0 Å². The van der Waals surface area contributed by atoms with Crippen LogP contribution in [0.3, 0.4) is 0 Å². The highest BCUT2D eigenvalue weighted by atomic mass is 35.5. The smallest absolute Gasteiger partial charge is 0.143 e. The molecule has 1 heterocycles. The Hall–Kier alpha value is -0.570. The van der Waals surface area contributed by atoms with E-state index in [9.17, 15) is 21.6 Å². The molecule has 0 atom stereocenters. The van der Waals surface area contributed by atoms with Crippen LogP contribution in [0.5, 0.6) is 0 Å². The van der Waals surface area contributed by atoms with Gasteiger partial charge in [-0.2, -0.15) is 0 Å². The highest BCUT2D eigenvalue weighted by molar-refractivity contribution is 7.80. The summed E-state index contributed by atoms with van der Waals surface area (Å²) in [5.41, 5.74) is 0. The fourth-order valence-electron chi connectivity index (χ4n) is 0.778. The second-order valence-corrected chi connectivity index (χ2v) is 4.81. The summed E-state index contributed by atoms with van der Waals surface area (Å²) in [6.07, 6.45) is -3.89. The molecule has 1 aromatic rings. The topological polar surface area (TPSA) is 47.3 Å². The summed E-state index contributed by atoms with van der Waals surface area (Å²) in [5, 5.41) is -0.302. The zero-order valence-corrected chi connectivity index (χ0v) is 9.53. The van der Waals surface area contributed by atoms with Crippen LogP contribution in [-0.4, -0.2) is 14.8 Å². The number of hydrogen-bond acceptors (Lipinski definition) is 3. The van der Waals surface area contributed by atoms with Gasteiger partial charge < -0.3 is 0 Å². The lowest BCUT2D eigenvalue weighted by Gasteiger charge is -2.03. The minimum atomic E-state index is -5.32. The molecule has 1 rings (SSSR count). The van der Waals surface area contributed by atoms with Crippen molar-refractivity contribution in [3.63, 3.8) is 0 Å². The zero-order valence-electron chi connectivity index (χ0n) is 7.20. The Morgan fingerprint density at radius 1 is 1.19 bits per heavy atom. The Labute approximate surface area is 98.4 Å². The van der Waals surface area contributed by atoms with Gasteiger partial charge in [0.15, 0.2) is 0 Å². The molecule has 0 unspecified atom stereocenters. The van der Waals surface area contributed by atoms with E-state index < -0.39 is 16.7 Å². The Bertz CT molecular complexity index is 482. The van der Waals surface area contributed by atoms with Crippen molar-refractivity contribution in [1.82, 2.24) is 0 Å². The molecule has 4 nitrogen and oxygen atoms in total. The largest absolute Gasteiger partial charge is 0.541 e. The van der Waals surface area contributed by atoms with Crippen LogP contribution in [0.1, 0.15) is 0 Å². The van der Waals surface area contributed by atoms with Gasteiger partial charge in [0.1, 0.15) is 10.0 Å². The van der Waals surface area contributed by atoms with Gasteiger partial charge in [-0.3, -0.25) is 0 Å². The van der Waals surface area contributed by atoms with Gasteiger partial charge in [0.25, 0.3) is 0 Å². The number of pyridine rings is 1. The van der Waals surface area contributed by atoms with E-state index in [1.807, 2.05) is 0 Å². The second-order valence-electron chi connectivity index (χ2n) is 2.49. The average molecular weight is 297 g/mol. The van der Waals surface area contributed by atoms with E-state index in [4.69, 9.17) is 23.2 Å². The summed E-state index contributed by atoms with van der Waals surface area (Å²) in [6.45, 7) is 0. The lowest BCUT2D eigenvalue weighted by Crippen LogP contribution is -2.45. The highest BCUT2D eigenvalue weighted by Crippen LogP contribution is 2.19. The van der Waals surface area contributed by atoms with E-state index in [2.05, 4.69) is 4.18 Å². The van der Waals surface area contributed by atoms with Gasteiger partial charge in [0.05, 0.1) is 0 Å². The molecule has 1 aromatic heterocycles. The minimum Gasteiger partial charge on any atom is -0.143 e. The van der Waals surface area contributed by atoms with Gasteiger partial charge in [-0.05, 0) is 6.07 Å². The third kappa shape index (κ3) is 3.78. The van der Waals surface area contributed by atoms with E-state index >= 15 is 0 Å². The SMILES string of the molecule is O=S(=O)(OC(F)(F)F)[n+]1cc(Cl)cc(Cl)c1. The van der Waals surface area contributed by atoms with Crippen molar-refractivity contribution < 1.29 is 29.7 Å². The number of rotatable bonds is 2. The molecule has 0 aromatic carbocycles. The lowest BCUT2D eigenvalue weighted by atomic mass is 10.5. The normalized spacial score (nSPS) is 12.8. The van der Waals surface area contributed by atoms with Crippen LogP contribution >= 0.6 is 23.2 Å². The molecular weight excluding hydrogens is 294 g/mol. The summed E-state index contributed by atoms with van der Waals surface area (Å²) in [7, 11) is -5.04. The second kappa shape index (κ2) is 4.36. The molecule has 0 fully saturated rings. The van der Waals surface area contributed by atoms with Gasteiger partial charge in [0.2, 0.25) is 12.4 Å². The predicted molar refractivity (Wildman–Crippen MR) is 48.1 cm³/mol. The standard InChI is InChI=1S/C6H3Cl2F3NO3S/c7-4-1-5(8)3-12(2-4)16(13,14)15-6(9,10)11/h1-3H/q+1. The molecule has 0 bridgehead atoms. The summed E-state index contributed by atoms with van der Waals surface area (Å²) in [4.78, 5) is 0. The van der Waals surface area contributed by atoms with Crippen molar-refractivity contribution >= 4 is 33.5 Å². The first-order chi connectivity index (χ1) is 7.10. The number of hydrogen-bond donors (Lipinski definition) is 0. The molecule has 10 heteroatoms. The van der Waals surface area contributed by atoms with E-state index in [-0.39, 0.29) is 14.0 Å². The first kappa shape index (κ1) is 13.5. The van der Waals surface area contributed by atoms with Crippen LogP contribution in [0.4, 0.5) is 13.2 Å². The molecule has 0 saturated heterocycles. The summed E-state index contributed by atoms with van der Waals surface area (Å²) in [5.74, 6) is 0. The van der Waals surface area contributed by atoms with E-state index in [0.717, 1.165) is 6.07 Å². The van der Waals surface area contributed by atoms with E-state index in [1.54, 1.807) is 0 Å². The fourth-order valence-corrected chi connectivity index (χ4v) is 2.21. The molecule has 0 spiro atoms. The van der Waals surface area contributed by atoms with Crippen molar-refractivity contribution in [2.45, 2.75) is 6.36 Å². The molecule has 90 valence electrons. The number of nitrogens with zero attached hydrogens (tertiary/aromatic N) is 1. The third-order valence-corrected chi connectivity index (χ3v) is 2.78. The molecule has 0 aliphatic rings. The van der Waals surface area contributed by atoms with Crippen LogP contribution in [0.15, 0.2) is 18.5 Å². The van der Waals surface area contributed by atoms with Crippen molar-refractivity contribution in [3.05, 3.63) is 28.5 Å². The zero-order chi connectivity index (χ0) is 12.6. The number of halogens is 5. The van der Waals surface area contributed by atoms with E-state index in [0.29, 0.717) is 12.4 Å². The molecular formula is C6H3Cl2F3NO3S+. The maximum Gasteiger partial charge on any atom is 0.541 e. The maximum absolute atomic E-state index is 11.8. The maximum atomic E-state index is 11.8. The van der Waals surface area contributed by atoms with Crippen LogP contribution in [0.2, 0.25) is 10.0 Å². The Morgan fingerprint density at radius 2 is 1.62 bits per heavy atom. The van der Waals surface area contributed by atoms with Gasteiger partial charge >= 0.3 is 16.7 Å². The minimum absolute atomic E-state index is 0.130. The summed E-state index contributed by atoms with van der Waals surface area (Å²) in [6, 6.07) is 1.16. The molecule has 16 heavy (non-hydrogen) atoms. The Balaban J connectivity index is 3.18. The van der Waals surface area contributed by atoms with Gasteiger partial charge in [-0.15, -0.1) is 25.8 Å². The quantitative estimate of drug-likeness (QED) is 0.783. The Morgan fingerprint density at radius 3 is 2.00 bits per heavy atom. The Kier molecular flexibility index (Phi) is 3.68. The monoisotopic (exact) mass is 296 g/mol. The van der Waals surface area contributed by atoms with Crippen molar-refractivity contribution in [2.75, 3.05) is 0 Å². The fraction of sp³-hybridized carbons (Fsp3) is 0.167. The number of aromatic nitrogens is 1. The van der Waals surface area contributed by atoms with Crippen molar-refractivity contribution in [2.24, 2.45) is 0 Å². The third-order valence-electron chi connectivity index (χ3n) is 1.23. The lowest BCUT2D eigenvalue weighted by molar-refractivity contribution is -0.526. The average Bonchev–Trinajstić information content (AvgIpc) is 1.96. The summed E-state index contributed by atoms with van der Waals surface area (Å²) >= 11 is 10.8. The molecule has 0 N–H and O–H groups in total. The first-order valence-corrected chi connectivity index (χ1v) is 5.62. The van der Waals surface area contributed by atoms with Gasteiger partial charge in [-0.1, -0.05) is 27.2 Å². The highest BCUT2D eigenvalue weighted by Gasteiger charge is 2.42. The van der Waals surface area contributed by atoms with Crippen LogP contribution in [0.25, 0.3) is 0 Å². The van der Waals surface area contributed by atoms with Crippen LogP contribution < -0.4 is 3.97 Å². The molecule has 0 aliphatic heterocycles. The van der Waals surface area contributed by atoms with Crippen molar-refractivity contribution in [3.8, 4) is 0 Å². The predicted octanol–water partition coefficient (Wildman–Crippen LogP) is 1.91. The molecule has 0 aliphatic carbocycles. The molecule has 0 radical (unpaired) electrons. The molecule has 0 amide bonds. The molecule has 0 saturated carbocycles.